The second-order valence-corrected chi connectivity index (χ2v) is 10.6. The minimum atomic E-state index is -0.199. The van der Waals surface area contributed by atoms with E-state index in [2.05, 4.69) is 40.0 Å². The van der Waals surface area contributed by atoms with E-state index in [1.807, 2.05) is 0 Å². The smallest absolute Gasteiger partial charge is 0.310 e. The average Bonchev–Trinajstić information content (AvgIpc) is 2.91. The summed E-state index contributed by atoms with van der Waals surface area (Å²) in [5.74, 6) is 0.578. The molecule has 5 atom stereocenters. The van der Waals surface area contributed by atoms with Gasteiger partial charge in [-0.15, -0.1) is 0 Å². The SMILES string of the molecule is COC(=O)C1CC2CCC(Br)CC2C1NC(=O)CN1CCCC(C)(C)C1. The van der Waals surface area contributed by atoms with Crippen LogP contribution >= 0.6 is 15.9 Å². The molecule has 0 aromatic carbocycles. The van der Waals surface area contributed by atoms with Gasteiger partial charge in [0.2, 0.25) is 5.91 Å². The Balaban J connectivity index is 1.64. The van der Waals surface area contributed by atoms with Gasteiger partial charge in [0.15, 0.2) is 0 Å². The average molecular weight is 429 g/mol. The fourth-order valence-electron chi connectivity index (χ4n) is 5.43. The third-order valence-corrected chi connectivity index (χ3v) is 7.45. The van der Waals surface area contributed by atoms with E-state index in [4.69, 9.17) is 4.74 Å². The molecule has 0 aromatic rings. The number of piperidine rings is 1. The molecule has 1 aliphatic heterocycles. The van der Waals surface area contributed by atoms with Crippen molar-refractivity contribution in [3.63, 3.8) is 0 Å². The maximum atomic E-state index is 12.8. The van der Waals surface area contributed by atoms with E-state index >= 15 is 0 Å². The number of alkyl halides is 1. The summed E-state index contributed by atoms with van der Waals surface area (Å²) in [6.07, 6.45) is 6.51. The van der Waals surface area contributed by atoms with Gasteiger partial charge in [0.1, 0.15) is 0 Å². The van der Waals surface area contributed by atoms with Gasteiger partial charge in [-0.25, -0.2) is 0 Å². The Labute approximate surface area is 165 Å². The molecule has 5 unspecified atom stereocenters. The Hall–Kier alpha value is -0.620. The number of carbonyl (C=O) groups excluding carboxylic acids is 2. The van der Waals surface area contributed by atoms with Crippen molar-refractivity contribution < 1.29 is 14.3 Å². The van der Waals surface area contributed by atoms with Gasteiger partial charge in [0.25, 0.3) is 0 Å². The lowest BCUT2D eigenvalue weighted by Gasteiger charge is -2.38. The number of nitrogens with one attached hydrogen (secondary N) is 1. The highest BCUT2D eigenvalue weighted by atomic mass is 79.9. The van der Waals surface area contributed by atoms with Crippen molar-refractivity contribution in [1.82, 2.24) is 10.2 Å². The molecule has 1 heterocycles. The number of esters is 1. The molecule has 0 bridgehead atoms. The first-order valence-electron chi connectivity index (χ1n) is 10.0. The molecule has 3 fully saturated rings. The Morgan fingerprint density at radius 1 is 1.27 bits per heavy atom. The third-order valence-electron chi connectivity index (χ3n) is 6.61. The second kappa shape index (κ2) is 8.17. The van der Waals surface area contributed by atoms with Gasteiger partial charge in [-0.05, 0) is 62.3 Å². The molecule has 0 spiro atoms. The normalized spacial score (nSPS) is 37.0. The molecular formula is C20H33BrN2O3. The molecule has 0 radical (unpaired) electrons. The standard InChI is InChI=1S/C20H33BrN2O3/c1-20(2)7-4-8-23(12-20)11-17(24)22-18-15-10-14(21)6-5-13(15)9-16(18)19(25)26-3/h13-16,18H,4-12H2,1-3H3,(H,22,24). The van der Waals surface area contributed by atoms with Gasteiger partial charge in [-0.2, -0.15) is 0 Å². The van der Waals surface area contributed by atoms with Crippen molar-refractivity contribution in [2.24, 2.45) is 23.2 Å². The van der Waals surface area contributed by atoms with Crippen molar-refractivity contribution in [2.45, 2.75) is 63.2 Å². The summed E-state index contributed by atoms with van der Waals surface area (Å²) in [5.41, 5.74) is 0.276. The largest absolute Gasteiger partial charge is 0.469 e. The number of likely N-dealkylation sites (tertiary alicyclic amines) is 1. The van der Waals surface area contributed by atoms with E-state index in [9.17, 15) is 9.59 Å². The number of ether oxygens (including phenoxy) is 1. The molecule has 1 N–H and O–H groups in total. The minimum Gasteiger partial charge on any atom is -0.469 e. The van der Waals surface area contributed by atoms with Crippen LogP contribution in [-0.4, -0.2) is 54.4 Å². The van der Waals surface area contributed by atoms with Gasteiger partial charge < -0.3 is 10.1 Å². The Kier molecular flexibility index (Phi) is 6.33. The lowest BCUT2D eigenvalue weighted by molar-refractivity contribution is -0.146. The van der Waals surface area contributed by atoms with Gasteiger partial charge in [-0.3, -0.25) is 14.5 Å². The van der Waals surface area contributed by atoms with Crippen LogP contribution in [0, 0.1) is 23.2 Å². The molecule has 5 nitrogen and oxygen atoms in total. The minimum absolute atomic E-state index is 0.0546. The lowest BCUT2D eigenvalue weighted by Crippen LogP contribution is -2.51. The van der Waals surface area contributed by atoms with E-state index in [1.165, 1.54) is 13.5 Å². The fourth-order valence-corrected chi connectivity index (χ4v) is 6.13. The van der Waals surface area contributed by atoms with Crippen molar-refractivity contribution >= 4 is 27.8 Å². The van der Waals surface area contributed by atoms with Gasteiger partial charge in [0, 0.05) is 17.4 Å². The summed E-state index contributed by atoms with van der Waals surface area (Å²) >= 11 is 3.75. The van der Waals surface area contributed by atoms with Crippen LogP contribution in [0.2, 0.25) is 0 Å². The number of amides is 1. The van der Waals surface area contributed by atoms with Gasteiger partial charge >= 0.3 is 5.97 Å². The molecule has 148 valence electrons. The Morgan fingerprint density at radius 3 is 2.73 bits per heavy atom. The lowest BCUT2D eigenvalue weighted by atomic mass is 9.80. The van der Waals surface area contributed by atoms with Crippen LogP contribution in [0.3, 0.4) is 0 Å². The summed E-state index contributed by atoms with van der Waals surface area (Å²) in [5, 5.41) is 3.24. The van der Waals surface area contributed by atoms with E-state index in [1.54, 1.807) is 0 Å². The van der Waals surface area contributed by atoms with Crippen LogP contribution < -0.4 is 5.32 Å². The predicted octanol–water partition coefficient (Wildman–Crippen LogP) is 2.97. The van der Waals surface area contributed by atoms with Crippen molar-refractivity contribution in [3.05, 3.63) is 0 Å². The van der Waals surface area contributed by atoms with Crippen molar-refractivity contribution in [2.75, 3.05) is 26.7 Å². The van der Waals surface area contributed by atoms with Crippen LogP contribution in [0.1, 0.15) is 52.4 Å². The number of nitrogens with zero attached hydrogens (tertiary/aromatic N) is 1. The maximum absolute atomic E-state index is 12.8. The van der Waals surface area contributed by atoms with Crippen LogP contribution in [0.25, 0.3) is 0 Å². The van der Waals surface area contributed by atoms with Crippen LogP contribution in [0.15, 0.2) is 0 Å². The zero-order valence-electron chi connectivity index (χ0n) is 16.3. The second-order valence-electron chi connectivity index (χ2n) is 9.27. The molecule has 26 heavy (non-hydrogen) atoms. The highest BCUT2D eigenvalue weighted by Crippen LogP contribution is 2.47. The highest BCUT2D eigenvalue weighted by Gasteiger charge is 2.49. The number of rotatable bonds is 4. The molecule has 3 rings (SSSR count). The molecule has 2 saturated carbocycles. The monoisotopic (exact) mass is 428 g/mol. The molecular weight excluding hydrogens is 396 g/mol. The van der Waals surface area contributed by atoms with E-state index in [0.717, 1.165) is 45.2 Å². The molecule has 3 aliphatic rings. The van der Waals surface area contributed by atoms with Crippen LogP contribution in [-0.2, 0) is 14.3 Å². The zero-order chi connectivity index (χ0) is 18.9. The quantitative estimate of drug-likeness (QED) is 0.552. The summed E-state index contributed by atoms with van der Waals surface area (Å²) in [6, 6.07) is -0.0851. The van der Waals surface area contributed by atoms with E-state index in [-0.39, 0.29) is 29.3 Å². The first-order valence-corrected chi connectivity index (χ1v) is 10.9. The summed E-state index contributed by atoms with van der Waals surface area (Å²) in [7, 11) is 1.45. The van der Waals surface area contributed by atoms with Crippen LogP contribution in [0.4, 0.5) is 0 Å². The number of carbonyl (C=O) groups is 2. The topological polar surface area (TPSA) is 58.6 Å². The Bertz CT molecular complexity index is 539. The Morgan fingerprint density at radius 2 is 2.04 bits per heavy atom. The van der Waals surface area contributed by atoms with Gasteiger partial charge in [0.05, 0.1) is 19.6 Å². The summed E-state index contributed by atoms with van der Waals surface area (Å²) in [6.45, 7) is 6.91. The first-order chi connectivity index (χ1) is 12.3. The molecule has 2 aliphatic carbocycles. The number of hydrogen-bond acceptors (Lipinski definition) is 4. The molecule has 6 heteroatoms. The van der Waals surface area contributed by atoms with Gasteiger partial charge in [-0.1, -0.05) is 29.8 Å². The van der Waals surface area contributed by atoms with Crippen molar-refractivity contribution in [3.8, 4) is 0 Å². The first kappa shape index (κ1) is 20.1. The number of halogens is 1. The maximum Gasteiger partial charge on any atom is 0.310 e. The number of fused-ring (bicyclic) bond motifs is 1. The number of hydrogen-bond donors (Lipinski definition) is 1. The van der Waals surface area contributed by atoms with Crippen LogP contribution in [0.5, 0.6) is 0 Å². The highest BCUT2D eigenvalue weighted by molar-refractivity contribution is 9.09. The predicted molar refractivity (Wildman–Crippen MR) is 105 cm³/mol. The zero-order valence-corrected chi connectivity index (χ0v) is 17.9. The fraction of sp³-hybridized carbons (Fsp3) is 0.900. The van der Waals surface area contributed by atoms with Crippen molar-refractivity contribution in [1.29, 1.82) is 0 Å². The summed E-state index contributed by atoms with van der Waals surface area (Å²) in [4.78, 5) is 27.8. The van der Waals surface area contributed by atoms with E-state index < -0.39 is 0 Å². The third kappa shape index (κ3) is 4.61. The molecule has 0 aromatic heterocycles. The summed E-state index contributed by atoms with van der Waals surface area (Å²) < 4.78 is 5.04. The number of methoxy groups -OCH3 is 1. The molecule has 1 saturated heterocycles. The molecule has 1 amide bonds. The van der Waals surface area contributed by atoms with E-state index in [0.29, 0.717) is 23.2 Å².